The zero-order valence-corrected chi connectivity index (χ0v) is 10.3. The van der Waals surface area contributed by atoms with Crippen LogP contribution in [0.3, 0.4) is 0 Å². The number of aromatic nitrogens is 3. The predicted molar refractivity (Wildman–Crippen MR) is 62.3 cm³/mol. The molecule has 0 unspecified atom stereocenters. The highest BCUT2D eigenvalue weighted by molar-refractivity contribution is 9.10. The van der Waals surface area contributed by atoms with Gasteiger partial charge < -0.3 is 5.32 Å². The van der Waals surface area contributed by atoms with Crippen LogP contribution in [0.5, 0.6) is 0 Å². The normalized spacial score (nSPS) is 11.3. The molecular formula is C10H6BrF3N4. The van der Waals surface area contributed by atoms with Crippen molar-refractivity contribution in [3.05, 3.63) is 41.0 Å². The van der Waals surface area contributed by atoms with Crippen molar-refractivity contribution in [3.63, 3.8) is 0 Å². The lowest BCUT2D eigenvalue weighted by molar-refractivity contribution is -0.141. The Morgan fingerprint density at radius 3 is 2.28 bits per heavy atom. The molecule has 0 aliphatic heterocycles. The van der Waals surface area contributed by atoms with E-state index in [0.717, 1.165) is 12.3 Å². The second kappa shape index (κ2) is 4.89. The Labute approximate surface area is 108 Å². The van der Waals surface area contributed by atoms with Crippen LogP contribution in [0.1, 0.15) is 5.69 Å². The second-order valence-electron chi connectivity index (χ2n) is 3.28. The first kappa shape index (κ1) is 12.7. The number of pyridine rings is 1. The maximum Gasteiger partial charge on any atom is 0.433 e. The number of nitrogens with one attached hydrogen (secondary N) is 1. The van der Waals surface area contributed by atoms with Crippen LogP contribution in [0.4, 0.5) is 24.7 Å². The minimum atomic E-state index is -4.43. The van der Waals surface area contributed by atoms with E-state index < -0.39 is 11.9 Å². The van der Waals surface area contributed by atoms with Gasteiger partial charge in [-0.25, -0.2) is 15.0 Å². The minimum Gasteiger partial charge on any atom is -0.338 e. The molecule has 0 saturated carbocycles. The van der Waals surface area contributed by atoms with Crippen molar-refractivity contribution in [2.24, 2.45) is 0 Å². The van der Waals surface area contributed by atoms with Crippen LogP contribution in [0.15, 0.2) is 35.3 Å². The highest BCUT2D eigenvalue weighted by Crippen LogP contribution is 2.28. The summed E-state index contributed by atoms with van der Waals surface area (Å²) in [6.45, 7) is 0. The maximum absolute atomic E-state index is 12.3. The van der Waals surface area contributed by atoms with Crippen molar-refractivity contribution in [1.29, 1.82) is 0 Å². The molecule has 0 spiro atoms. The summed E-state index contributed by atoms with van der Waals surface area (Å²) < 4.78 is 37.4. The van der Waals surface area contributed by atoms with E-state index in [0.29, 0.717) is 16.1 Å². The monoisotopic (exact) mass is 318 g/mol. The first-order valence-corrected chi connectivity index (χ1v) is 5.52. The van der Waals surface area contributed by atoms with Crippen LogP contribution in [0.2, 0.25) is 0 Å². The third kappa shape index (κ3) is 3.16. The van der Waals surface area contributed by atoms with E-state index in [9.17, 15) is 13.2 Å². The van der Waals surface area contributed by atoms with Gasteiger partial charge >= 0.3 is 6.18 Å². The first-order valence-electron chi connectivity index (χ1n) is 4.73. The van der Waals surface area contributed by atoms with E-state index in [1.807, 2.05) is 0 Å². The Kier molecular flexibility index (Phi) is 3.46. The summed E-state index contributed by atoms with van der Waals surface area (Å²) >= 11 is 3.12. The molecule has 94 valence electrons. The highest BCUT2D eigenvalue weighted by atomic mass is 79.9. The SMILES string of the molecule is FC(F)(F)c1ccc(Nc2cnc(Br)cn2)cn1. The van der Waals surface area contributed by atoms with E-state index >= 15 is 0 Å². The molecule has 2 rings (SSSR count). The van der Waals surface area contributed by atoms with Gasteiger partial charge in [-0.3, -0.25) is 0 Å². The summed E-state index contributed by atoms with van der Waals surface area (Å²) in [5.41, 5.74) is -0.533. The quantitative estimate of drug-likeness (QED) is 0.922. The highest BCUT2D eigenvalue weighted by Gasteiger charge is 2.31. The lowest BCUT2D eigenvalue weighted by Gasteiger charge is -2.07. The van der Waals surface area contributed by atoms with Gasteiger partial charge in [-0.2, -0.15) is 13.2 Å². The molecule has 0 atom stereocenters. The van der Waals surface area contributed by atoms with E-state index in [2.05, 4.69) is 36.2 Å². The number of hydrogen-bond donors (Lipinski definition) is 1. The molecular weight excluding hydrogens is 313 g/mol. The smallest absolute Gasteiger partial charge is 0.338 e. The molecule has 18 heavy (non-hydrogen) atoms. The van der Waals surface area contributed by atoms with Gasteiger partial charge in [0.05, 0.1) is 24.3 Å². The molecule has 0 aliphatic carbocycles. The van der Waals surface area contributed by atoms with Gasteiger partial charge in [-0.1, -0.05) is 0 Å². The van der Waals surface area contributed by atoms with Crippen molar-refractivity contribution in [1.82, 2.24) is 15.0 Å². The van der Waals surface area contributed by atoms with Crippen molar-refractivity contribution in [3.8, 4) is 0 Å². The summed E-state index contributed by atoms with van der Waals surface area (Å²) in [6.07, 6.45) is -0.426. The van der Waals surface area contributed by atoms with Gasteiger partial charge in [0.2, 0.25) is 0 Å². The summed E-state index contributed by atoms with van der Waals surface area (Å²) in [7, 11) is 0. The summed E-state index contributed by atoms with van der Waals surface area (Å²) in [4.78, 5) is 11.2. The fourth-order valence-electron chi connectivity index (χ4n) is 1.16. The van der Waals surface area contributed by atoms with E-state index in [1.54, 1.807) is 0 Å². The zero-order chi connectivity index (χ0) is 13.2. The van der Waals surface area contributed by atoms with Gasteiger partial charge in [-0.15, -0.1) is 0 Å². The van der Waals surface area contributed by atoms with E-state index in [1.165, 1.54) is 18.5 Å². The van der Waals surface area contributed by atoms with Gasteiger partial charge in [0.15, 0.2) is 0 Å². The van der Waals surface area contributed by atoms with E-state index in [-0.39, 0.29) is 0 Å². The van der Waals surface area contributed by atoms with Crippen molar-refractivity contribution in [2.75, 3.05) is 5.32 Å². The van der Waals surface area contributed by atoms with Crippen LogP contribution in [0.25, 0.3) is 0 Å². The third-order valence-electron chi connectivity index (χ3n) is 1.95. The summed E-state index contributed by atoms with van der Waals surface area (Å²) in [6, 6.07) is 2.17. The van der Waals surface area contributed by atoms with Crippen molar-refractivity contribution >= 4 is 27.4 Å². The van der Waals surface area contributed by atoms with Gasteiger partial charge in [0.25, 0.3) is 0 Å². The molecule has 0 bridgehead atoms. The fraction of sp³-hybridized carbons (Fsp3) is 0.100. The fourth-order valence-corrected chi connectivity index (χ4v) is 1.36. The molecule has 0 fully saturated rings. The van der Waals surface area contributed by atoms with Crippen molar-refractivity contribution < 1.29 is 13.2 Å². The van der Waals surface area contributed by atoms with Crippen molar-refractivity contribution in [2.45, 2.75) is 6.18 Å². The number of alkyl halides is 3. The van der Waals surface area contributed by atoms with Crippen LogP contribution in [0, 0.1) is 0 Å². The van der Waals surface area contributed by atoms with Crippen LogP contribution in [-0.4, -0.2) is 15.0 Å². The average Bonchev–Trinajstić information content (AvgIpc) is 2.32. The number of rotatable bonds is 2. The molecule has 0 aliphatic rings. The lowest BCUT2D eigenvalue weighted by Crippen LogP contribution is -2.07. The Bertz CT molecular complexity index is 524. The molecule has 0 aromatic carbocycles. The number of anilines is 2. The average molecular weight is 319 g/mol. The number of nitrogens with zero attached hydrogens (tertiary/aromatic N) is 3. The molecule has 2 aromatic rings. The van der Waals surface area contributed by atoms with Gasteiger partial charge in [0, 0.05) is 0 Å². The standard InChI is InChI=1S/C10H6BrF3N4/c11-8-4-17-9(5-16-8)18-6-1-2-7(15-3-6)10(12,13)14/h1-5H,(H,17,18). The third-order valence-corrected chi connectivity index (χ3v) is 2.36. The predicted octanol–water partition coefficient (Wildman–Crippen LogP) is 3.40. The van der Waals surface area contributed by atoms with E-state index in [4.69, 9.17) is 0 Å². The number of halogens is 4. The molecule has 0 radical (unpaired) electrons. The maximum atomic E-state index is 12.3. The summed E-state index contributed by atoms with van der Waals surface area (Å²) in [5.74, 6) is 0.416. The lowest BCUT2D eigenvalue weighted by atomic mass is 10.3. The van der Waals surface area contributed by atoms with Gasteiger partial charge in [0.1, 0.15) is 16.1 Å². The molecule has 1 N–H and O–H groups in total. The summed E-state index contributed by atoms with van der Waals surface area (Å²) in [5, 5.41) is 2.79. The molecule has 2 aromatic heterocycles. The van der Waals surface area contributed by atoms with Crippen LogP contribution >= 0.6 is 15.9 Å². The molecule has 8 heteroatoms. The number of hydrogen-bond acceptors (Lipinski definition) is 4. The Morgan fingerprint density at radius 2 is 1.78 bits per heavy atom. The molecule has 4 nitrogen and oxygen atoms in total. The first-order chi connectivity index (χ1) is 8.45. The zero-order valence-electron chi connectivity index (χ0n) is 8.74. The van der Waals surface area contributed by atoms with Gasteiger partial charge in [-0.05, 0) is 28.1 Å². The molecule has 0 amide bonds. The Balaban J connectivity index is 2.13. The molecule has 2 heterocycles. The van der Waals surface area contributed by atoms with Crippen LogP contribution in [-0.2, 0) is 6.18 Å². The van der Waals surface area contributed by atoms with Crippen LogP contribution < -0.4 is 5.32 Å². The Hall–Kier alpha value is -1.70. The minimum absolute atomic E-state index is 0.402. The Morgan fingerprint density at radius 1 is 1.00 bits per heavy atom. The second-order valence-corrected chi connectivity index (χ2v) is 4.09. The molecule has 0 saturated heterocycles. The topological polar surface area (TPSA) is 50.7 Å². The largest absolute Gasteiger partial charge is 0.433 e.